The lowest BCUT2D eigenvalue weighted by Gasteiger charge is -2.06. The van der Waals surface area contributed by atoms with E-state index in [9.17, 15) is 14.9 Å². The topological polar surface area (TPSA) is 93.8 Å². The Morgan fingerprint density at radius 3 is 2.19 bits per heavy atom. The first-order valence-corrected chi connectivity index (χ1v) is 9.89. The van der Waals surface area contributed by atoms with E-state index in [1.807, 2.05) is 36.4 Å². The van der Waals surface area contributed by atoms with Crippen LogP contribution in [0.25, 0.3) is 0 Å². The van der Waals surface area contributed by atoms with Crippen LogP contribution in [0.5, 0.6) is 5.75 Å². The lowest BCUT2D eigenvalue weighted by molar-refractivity contribution is -0.384. The van der Waals surface area contributed by atoms with Crippen LogP contribution in [0.1, 0.15) is 29.2 Å². The summed E-state index contributed by atoms with van der Waals surface area (Å²) in [7, 11) is 0. The average Bonchev–Trinajstić information content (AvgIpc) is 2.79. The maximum absolute atomic E-state index is 12.0. The number of non-ortho nitro benzene ring substituents is 1. The molecule has 3 rings (SSSR count). The van der Waals surface area contributed by atoms with Gasteiger partial charge in [0.2, 0.25) is 5.91 Å². The number of nitrogens with one attached hydrogen (secondary N) is 1. The van der Waals surface area contributed by atoms with Crippen molar-refractivity contribution in [3.8, 4) is 5.75 Å². The molecule has 7 heteroatoms. The van der Waals surface area contributed by atoms with Gasteiger partial charge in [0, 0.05) is 12.1 Å². The van der Waals surface area contributed by atoms with Gasteiger partial charge in [0.15, 0.2) is 0 Å². The highest BCUT2D eigenvalue weighted by Crippen LogP contribution is 2.16. The van der Waals surface area contributed by atoms with E-state index in [2.05, 4.69) is 17.5 Å². The highest BCUT2D eigenvalue weighted by molar-refractivity contribution is 5.83. The van der Waals surface area contributed by atoms with Gasteiger partial charge in [-0.05, 0) is 65.1 Å². The number of nitrogens with zero attached hydrogens (tertiary/aromatic N) is 2. The minimum atomic E-state index is -0.434. The number of nitro groups is 1. The molecule has 0 spiro atoms. The smallest absolute Gasteiger partial charge is 0.269 e. The molecule has 31 heavy (non-hydrogen) atoms. The molecule has 0 fully saturated rings. The van der Waals surface area contributed by atoms with Crippen LogP contribution in [0.2, 0.25) is 0 Å². The fourth-order valence-electron chi connectivity index (χ4n) is 2.83. The van der Waals surface area contributed by atoms with Crippen LogP contribution < -0.4 is 10.2 Å². The zero-order valence-corrected chi connectivity index (χ0v) is 17.2. The predicted molar refractivity (Wildman–Crippen MR) is 119 cm³/mol. The zero-order chi connectivity index (χ0) is 22.1. The molecule has 0 heterocycles. The third-order valence-corrected chi connectivity index (χ3v) is 4.63. The van der Waals surface area contributed by atoms with Crippen molar-refractivity contribution >= 4 is 17.8 Å². The van der Waals surface area contributed by atoms with E-state index in [1.165, 1.54) is 17.7 Å². The molecule has 158 valence electrons. The summed E-state index contributed by atoms with van der Waals surface area (Å²) >= 11 is 0. The molecule has 0 radical (unpaired) electrons. The number of rotatable bonds is 9. The largest absolute Gasteiger partial charge is 0.489 e. The van der Waals surface area contributed by atoms with Crippen molar-refractivity contribution in [3.63, 3.8) is 0 Å². The Balaban J connectivity index is 1.45. The predicted octanol–water partition coefficient (Wildman–Crippen LogP) is 4.43. The summed E-state index contributed by atoms with van der Waals surface area (Å²) in [6, 6.07) is 21.4. The van der Waals surface area contributed by atoms with E-state index in [-0.39, 0.29) is 18.0 Å². The minimum Gasteiger partial charge on any atom is -0.489 e. The molecular formula is C24H23N3O4. The number of hydrogen-bond acceptors (Lipinski definition) is 5. The molecule has 0 bridgehead atoms. The van der Waals surface area contributed by atoms with E-state index in [0.717, 1.165) is 23.1 Å². The second-order valence-electron chi connectivity index (χ2n) is 6.92. The molecule has 1 amide bonds. The van der Waals surface area contributed by atoms with Gasteiger partial charge in [-0.1, -0.05) is 31.2 Å². The van der Waals surface area contributed by atoms with E-state index in [1.54, 1.807) is 30.5 Å². The van der Waals surface area contributed by atoms with E-state index >= 15 is 0 Å². The molecule has 0 saturated carbocycles. The second-order valence-corrected chi connectivity index (χ2v) is 6.92. The van der Waals surface area contributed by atoms with Crippen LogP contribution in [0, 0.1) is 10.1 Å². The summed E-state index contributed by atoms with van der Waals surface area (Å²) in [6.07, 6.45) is 2.81. The number of carbonyl (C=O) groups excluding carboxylic acids is 1. The van der Waals surface area contributed by atoms with E-state index < -0.39 is 4.92 Å². The number of aryl methyl sites for hydroxylation is 1. The normalized spacial score (nSPS) is 10.7. The first kappa shape index (κ1) is 21.7. The van der Waals surface area contributed by atoms with Gasteiger partial charge in [-0.25, -0.2) is 5.43 Å². The van der Waals surface area contributed by atoms with E-state index in [0.29, 0.717) is 12.4 Å². The van der Waals surface area contributed by atoms with E-state index in [4.69, 9.17) is 4.74 Å². The molecule has 0 aromatic heterocycles. The third kappa shape index (κ3) is 6.78. The lowest BCUT2D eigenvalue weighted by Crippen LogP contribution is -2.19. The summed E-state index contributed by atoms with van der Waals surface area (Å²) in [5.74, 6) is 0.485. The Morgan fingerprint density at radius 1 is 0.968 bits per heavy atom. The molecule has 0 saturated heterocycles. The van der Waals surface area contributed by atoms with Crippen LogP contribution in [0.4, 0.5) is 5.69 Å². The van der Waals surface area contributed by atoms with Gasteiger partial charge in [-0.3, -0.25) is 14.9 Å². The number of nitro benzene ring substituents is 1. The molecule has 0 aliphatic rings. The van der Waals surface area contributed by atoms with Gasteiger partial charge in [-0.2, -0.15) is 5.10 Å². The summed E-state index contributed by atoms with van der Waals surface area (Å²) in [4.78, 5) is 22.3. The fourth-order valence-corrected chi connectivity index (χ4v) is 2.83. The Hall–Kier alpha value is -4.00. The number of benzene rings is 3. The van der Waals surface area contributed by atoms with Gasteiger partial charge < -0.3 is 4.74 Å². The van der Waals surface area contributed by atoms with Crippen molar-refractivity contribution < 1.29 is 14.5 Å². The maximum Gasteiger partial charge on any atom is 0.269 e. The van der Waals surface area contributed by atoms with Gasteiger partial charge in [0.1, 0.15) is 12.4 Å². The highest BCUT2D eigenvalue weighted by Gasteiger charge is 2.05. The minimum absolute atomic E-state index is 0.0499. The number of hydrazone groups is 1. The van der Waals surface area contributed by atoms with Gasteiger partial charge in [0.25, 0.3) is 5.69 Å². The first-order valence-electron chi connectivity index (χ1n) is 9.89. The first-order chi connectivity index (χ1) is 15.0. The summed E-state index contributed by atoms with van der Waals surface area (Å²) in [5.41, 5.74) is 6.42. The van der Waals surface area contributed by atoms with Crippen molar-refractivity contribution in [3.05, 3.63) is 105 Å². The second kappa shape index (κ2) is 10.7. The van der Waals surface area contributed by atoms with Crippen molar-refractivity contribution in [1.29, 1.82) is 0 Å². The summed E-state index contributed by atoms with van der Waals surface area (Å²) in [6.45, 7) is 2.40. The SMILES string of the molecule is CCc1ccc(CC(=O)N/N=C/c2ccc(OCc3ccc([N+](=O)[O-])cc3)cc2)cc1. The van der Waals surface area contributed by atoms with Crippen LogP contribution in [-0.4, -0.2) is 17.0 Å². The molecule has 3 aromatic carbocycles. The Kier molecular flexibility index (Phi) is 7.48. The Labute approximate surface area is 180 Å². The lowest BCUT2D eigenvalue weighted by atomic mass is 10.1. The fraction of sp³-hybridized carbons (Fsp3) is 0.167. The van der Waals surface area contributed by atoms with Gasteiger partial charge in [-0.15, -0.1) is 0 Å². The summed E-state index contributed by atoms with van der Waals surface area (Å²) in [5, 5.41) is 14.7. The molecule has 0 aliphatic carbocycles. The third-order valence-electron chi connectivity index (χ3n) is 4.63. The van der Waals surface area contributed by atoms with Crippen LogP contribution in [-0.2, 0) is 24.2 Å². The standard InChI is InChI=1S/C24H23N3O4/c1-2-18-3-5-19(6-4-18)15-24(28)26-25-16-20-9-13-23(14-10-20)31-17-21-7-11-22(12-8-21)27(29)30/h3-14,16H,2,15,17H2,1H3,(H,26,28)/b25-16+. The Bertz CT molecular complexity index is 1040. The van der Waals surface area contributed by atoms with Crippen molar-refractivity contribution in [2.75, 3.05) is 0 Å². The molecule has 0 atom stereocenters. The monoisotopic (exact) mass is 417 g/mol. The average molecular weight is 417 g/mol. The van der Waals surface area contributed by atoms with Crippen molar-refractivity contribution in [2.45, 2.75) is 26.4 Å². The number of ether oxygens (including phenoxy) is 1. The number of carbonyl (C=O) groups is 1. The van der Waals surface area contributed by atoms with Crippen LogP contribution in [0.3, 0.4) is 0 Å². The van der Waals surface area contributed by atoms with Crippen molar-refractivity contribution in [1.82, 2.24) is 5.43 Å². The molecule has 0 aliphatic heterocycles. The van der Waals surface area contributed by atoms with Crippen molar-refractivity contribution in [2.24, 2.45) is 5.10 Å². The number of amides is 1. The van der Waals surface area contributed by atoms with Gasteiger partial charge >= 0.3 is 0 Å². The molecular weight excluding hydrogens is 394 g/mol. The molecule has 0 unspecified atom stereocenters. The summed E-state index contributed by atoms with van der Waals surface area (Å²) < 4.78 is 5.69. The molecule has 3 aromatic rings. The molecule has 1 N–H and O–H groups in total. The quantitative estimate of drug-likeness (QED) is 0.317. The van der Waals surface area contributed by atoms with Crippen LogP contribution in [0.15, 0.2) is 77.9 Å². The zero-order valence-electron chi connectivity index (χ0n) is 17.2. The number of hydrogen-bond donors (Lipinski definition) is 1. The maximum atomic E-state index is 12.0. The molecule has 7 nitrogen and oxygen atoms in total. The van der Waals surface area contributed by atoms with Gasteiger partial charge in [0.05, 0.1) is 17.6 Å². The highest BCUT2D eigenvalue weighted by atomic mass is 16.6. The van der Waals surface area contributed by atoms with Crippen LogP contribution >= 0.6 is 0 Å². The Morgan fingerprint density at radius 2 is 1.58 bits per heavy atom.